The van der Waals surface area contributed by atoms with E-state index >= 15 is 0 Å². The second-order valence-electron chi connectivity index (χ2n) is 6.37. The van der Waals surface area contributed by atoms with E-state index in [2.05, 4.69) is 26.0 Å². The number of hydrogen-bond acceptors (Lipinski definition) is 2. The molecule has 0 saturated heterocycles. The van der Waals surface area contributed by atoms with Crippen LogP contribution in [0.15, 0.2) is 15.5 Å². The summed E-state index contributed by atoms with van der Waals surface area (Å²) in [4.78, 5) is 11.1. The average Bonchev–Trinajstić information content (AvgIpc) is 2.77. The highest BCUT2D eigenvalue weighted by molar-refractivity contribution is 5.06. The van der Waals surface area contributed by atoms with Crippen LogP contribution < -0.4 is 10.3 Å². The molecular formula is C12H19N2O2+. The third kappa shape index (κ3) is 1.10. The molecular weight excluding hydrogens is 204 g/mol. The van der Waals surface area contributed by atoms with Crippen molar-refractivity contribution in [2.75, 3.05) is 0 Å². The van der Waals surface area contributed by atoms with Gasteiger partial charge in [-0.25, -0.2) is 4.79 Å². The topological polar surface area (TPSA) is 49.9 Å². The van der Waals surface area contributed by atoms with Gasteiger partial charge in [0, 0.05) is 10.8 Å². The number of fused-ring (bicyclic) bond motifs is 2. The maximum atomic E-state index is 11.1. The fourth-order valence-corrected chi connectivity index (χ4v) is 4.36. The maximum absolute atomic E-state index is 11.1. The van der Waals surface area contributed by atoms with Gasteiger partial charge in [0.15, 0.2) is 6.04 Å². The molecule has 88 valence electrons. The monoisotopic (exact) mass is 223 g/mol. The Morgan fingerprint density at radius 1 is 1.50 bits per heavy atom. The molecule has 0 amide bonds. The summed E-state index contributed by atoms with van der Waals surface area (Å²) in [7, 11) is 0. The molecule has 4 heteroatoms. The van der Waals surface area contributed by atoms with E-state index in [1.807, 2.05) is 4.68 Å². The fourth-order valence-electron chi connectivity index (χ4n) is 4.36. The van der Waals surface area contributed by atoms with E-state index in [1.54, 1.807) is 6.20 Å². The second kappa shape index (κ2) is 2.79. The van der Waals surface area contributed by atoms with Crippen molar-refractivity contribution in [2.24, 2.45) is 16.7 Å². The van der Waals surface area contributed by atoms with Crippen molar-refractivity contribution < 1.29 is 9.20 Å². The predicted molar refractivity (Wildman–Crippen MR) is 57.8 cm³/mol. The van der Waals surface area contributed by atoms with E-state index < -0.39 is 0 Å². The zero-order chi connectivity index (χ0) is 11.6. The third-order valence-electron chi connectivity index (χ3n) is 4.97. The quantitative estimate of drug-likeness (QED) is 0.736. The van der Waals surface area contributed by atoms with Crippen molar-refractivity contribution in [3.05, 3.63) is 16.6 Å². The van der Waals surface area contributed by atoms with Crippen LogP contribution in [0.5, 0.6) is 0 Å². The first-order chi connectivity index (χ1) is 7.43. The highest BCUT2D eigenvalue weighted by Crippen LogP contribution is 2.66. The molecule has 0 radical (unpaired) electrons. The highest BCUT2D eigenvalue weighted by atomic mass is 16.5. The maximum Gasteiger partial charge on any atom is 0.426 e. The Morgan fingerprint density at radius 2 is 2.25 bits per heavy atom. The van der Waals surface area contributed by atoms with E-state index in [1.165, 1.54) is 19.3 Å². The smallest absolute Gasteiger partial charge is 0.284 e. The van der Waals surface area contributed by atoms with Gasteiger partial charge in [0.25, 0.3) is 6.20 Å². The molecule has 1 aromatic rings. The van der Waals surface area contributed by atoms with E-state index in [0.29, 0.717) is 11.5 Å². The lowest BCUT2D eigenvalue weighted by Crippen LogP contribution is -2.54. The van der Waals surface area contributed by atoms with Gasteiger partial charge in [-0.1, -0.05) is 25.5 Å². The first-order valence-corrected chi connectivity index (χ1v) is 6.03. The van der Waals surface area contributed by atoms with Crippen molar-refractivity contribution >= 4 is 0 Å². The molecule has 3 unspecified atom stereocenters. The Bertz CT molecular complexity index is 469. The minimum absolute atomic E-state index is 0.241. The van der Waals surface area contributed by atoms with Gasteiger partial charge in [0.1, 0.15) is 0 Å². The summed E-state index contributed by atoms with van der Waals surface area (Å²) in [6.07, 6.45) is 5.40. The van der Waals surface area contributed by atoms with Crippen LogP contribution in [0.1, 0.15) is 46.1 Å². The minimum atomic E-state index is -0.290. The molecule has 0 aromatic carbocycles. The van der Waals surface area contributed by atoms with Crippen molar-refractivity contribution in [3.8, 4) is 0 Å². The summed E-state index contributed by atoms with van der Waals surface area (Å²) in [5.74, 6) is 0.772. The number of hydrogen-bond donors (Lipinski definition) is 1. The zero-order valence-corrected chi connectivity index (χ0v) is 10.1. The average molecular weight is 223 g/mol. The van der Waals surface area contributed by atoms with E-state index in [-0.39, 0.29) is 11.0 Å². The summed E-state index contributed by atoms with van der Waals surface area (Å²) in [5, 5.41) is 2.74. The van der Waals surface area contributed by atoms with Gasteiger partial charge in [-0.15, -0.1) is 0 Å². The molecule has 1 heterocycles. The van der Waals surface area contributed by atoms with Crippen molar-refractivity contribution in [2.45, 2.75) is 46.1 Å². The molecule has 2 fully saturated rings. The summed E-state index contributed by atoms with van der Waals surface area (Å²) in [6, 6.07) is 0.352. The number of nitrogens with zero attached hydrogens (tertiary/aromatic N) is 1. The first-order valence-electron chi connectivity index (χ1n) is 6.03. The Hall–Kier alpha value is -1.06. The third-order valence-corrected chi connectivity index (χ3v) is 4.97. The normalized spacial score (nSPS) is 40.4. The van der Waals surface area contributed by atoms with Gasteiger partial charge < -0.3 is 0 Å². The molecule has 16 heavy (non-hydrogen) atoms. The molecule has 0 spiro atoms. The summed E-state index contributed by atoms with van der Waals surface area (Å²) < 4.78 is 6.70. The second-order valence-corrected chi connectivity index (χ2v) is 6.37. The molecule has 2 aliphatic carbocycles. The lowest BCUT2D eigenvalue weighted by molar-refractivity contribution is -0.806. The van der Waals surface area contributed by atoms with Crippen LogP contribution >= 0.6 is 0 Å². The lowest BCUT2D eigenvalue weighted by atomic mass is 9.68. The van der Waals surface area contributed by atoms with Crippen LogP contribution in [0.2, 0.25) is 0 Å². The van der Waals surface area contributed by atoms with Gasteiger partial charge in [-0.2, -0.15) is 0 Å². The Balaban J connectivity index is 2.09. The summed E-state index contributed by atoms with van der Waals surface area (Å²) in [5.41, 5.74) is 0.262. The van der Waals surface area contributed by atoms with E-state index in [0.717, 1.165) is 5.92 Å². The molecule has 3 rings (SSSR count). The predicted octanol–water partition coefficient (Wildman–Crippen LogP) is 1.64. The molecule has 2 aliphatic rings. The van der Waals surface area contributed by atoms with Gasteiger partial charge in [0.05, 0.1) is 0 Å². The standard InChI is InChI=1S/C12H18N2O2/c1-11(2)8-4-5-12(3,6-8)10(11)14-7-9(15)16-13-14/h7-8,10H,4-6H2,1-3H3/p+1. The molecule has 2 saturated carbocycles. The largest absolute Gasteiger partial charge is 0.426 e. The SMILES string of the molecule is CC12CCC(C1)C(C)(C)C2[n+]1cc(=O)o[nH]1. The Kier molecular flexibility index (Phi) is 1.76. The summed E-state index contributed by atoms with van der Waals surface area (Å²) in [6.45, 7) is 6.96. The van der Waals surface area contributed by atoms with Crippen LogP contribution in [-0.2, 0) is 0 Å². The Morgan fingerprint density at radius 3 is 2.75 bits per heavy atom. The van der Waals surface area contributed by atoms with Crippen LogP contribution in [0.25, 0.3) is 0 Å². The number of H-pyrrole nitrogens is 1. The van der Waals surface area contributed by atoms with Gasteiger partial charge in [-0.3, -0.25) is 4.52 Å². The highest BCUT2D eigenvalue weighted by Gasteiger charge is 2.65. The van der Waals surface area contributed by atoms with Crippen LogP contribution in [0.4, 0.5) is 0 Å². The number of nitrogens with one attached hydrogen (secondary N) is 1. The van der Waals surface area contributed by atoms with Crippen molar-refractivity contribution in [1.29, 1.82) is 0 Å². The first kappa shape index (κ1) is 10.1. The van der Waals surface area contributed by atoms with E-state index in [9.17, 15) is 4.79 Å². The van der Waals surface area contributed by atoms with Gasteiger partial charge >= 0.3 is 5.63 Å². The zero-order valence-electron chi connectivity index (χ0n) is 10.1. The molecule has 4 nitrogen and oxygen atoms in total. The van der Waals surface area contributed by atoms with E-state index in [4.69, 9.17) is 4.52 Å². The molecule has 1 N–H and O–H groups in total. The van der Waals surface area contributed by atoms with Gasteiger partial charge in [-0.05, 0) is 30.5 Å². The molecule has 3 atom stereocenters. The molecule has 2 bridgehead atoms. The van der Waals surface area contributed by atoms with Crippen molar-refractivity contribution in [1.82, 2.24) is 5.27 Å². The van der Waals surface area contributed by atoms with Crippen LogP contribution in [-0.4, -0.2) is 5.27 Å². The molecule has 1 aromatic heterocycles. The van der Waals surface area contributed by atoms with Crippen molar-refractivity contribution in [3.63, 3.8) is 0 Å². The molecule has 0 aliphatic heterocycles. The number of aromatic amines is 1. The lowest BCUT2D eigenvalue weighted by Gasteiger charge is -2.36. The number of aromatic nitrogens is 2. The Labute approximate surface area is 94.6 Å². The van der Waals surface area contributed by atoms with Gasteiger partial charge in [0.2, 0.25) is 0 Å². The fraction of sp³-hybridized carbons (Fsp3) is 0.833. The van der Waals surface area contributed by atoms with Crippen LogP contribution in [0.3, 0.4) is 0 Å². The number of rotatable bonds is 1. The minimum Gasteiger partial charge on any atom is -0.284 e. The van der Waals surface area contributed by atoms with Crippen LogP contribution in [0, 0.1) is 16.7 Å². The summed E-state index contributed by atoms with van der Waals surface area (Å²) >= 11 is 0.